The van der Waals surface area contributed by atoms with Gasteiger partial charge in [0.25, 0.3) is 6.01 Å². The molecule has 4 heterocycles. The maximum atomic E-state index is 15.1. The molecule has 2 N–H and O–H groups in total. The molecule has 6 rings (SSSR count). The minimum Gasteiger partial charge on any atom is -0.492 e. The number of aromatic nitrogens is 3. The van der Waals surface area contributed by atoms with Crippen LogP contribution in [0.3, 0.4) is 0 Å². The first-order chi connectivity index (χ1) is 18.6. The van der Waals surface area contributed by atoms with E-state index in [2.05, 4.69) is 19.7 Å². The molecule has 2 aliphatic heterocycles. The first-order valence-corrected chi connectivity index (χ1v) is 14.9. The van der Waals surface area contributed by atoms with Crippen LogP contribution in [0.2, 0.25) is 5.02 Å². The fourth-order valence-corrected chi connectivity index (χ4v) is 6.18. The van der Waals surface area contributed by atoms with Gasteiger partial charge < -0.3 is 23.9 Å². The van der Waals surface area contributed by atoms with Crippen LogP contribution in [0, 0.1) is 5.82 Å². The molecule has 39 heavy (non-hydrogen) atoms. The number of alkyl halides is 1. The number of hydrogen-bond donors (Lipinski definition) is 2. The smallest absolute Gasteiger partial charge is 0.296 e. The van der Waals surface area contributed by atoms with E-state index >= 15 is 4.39 Å². The number of nitrogens with zero attached hydrogens (tertiary/aromatic N) is 2. The molecular weight excluding hydrogens is 558 g/mol. The third-order valence-corrected chi connectivity index (χ3v) is 8.28. The molecule has 0 saturated carbocycles. The molecule has 10 nitrogen and oxygen atoms in total. The minimum atomic E-state index is -3.32. The Kier molecular flexibility index (Phi) is 7.12. The Morgan fingerprint density at radius 3 is 2.85 bits per heavy atom. The average Bonchev–Trinajstić information content (AvgIpc) is 3.63. The van der Waals surface area contributed by atoms with Gasteiger partial charge in [-0.2, -0.15) is 4.98 Å². The van der Waals surface area contributed by atoms with Crippen molar-refractivity contribution in [3.05, 3.63) is 45.9 Å². The summed E-state index contributed by atoms with van der Waals surface area (Å²) in [5.74, 6) is -0.151. The number of sulfonamides is 1. The Balaban J connectivity index is 1.14. The number of fused-ring (bicyclic) bond motifs is 3. The Labute approximate surface area is 228 Å². The van der Waals surface area contributed by atoms with Gasteiger partial charge in [-0.15, -0.1) is 0 Å². The number of aromatic amines is 1. The summed E-state index contributed by atoms with van der Waals surface area (Å²) >= 11 is 6.55. The molecule has 0 amide bonds. The maximum Gasteiger partial charge on any atom is 0.296 e. The van der Waals surface area contributed by atoms with E-state index in [1.54, 1.807) is 12.1 Å². The van der Waals surface area contributed by atoms with Crippen LogP contribution in [0.5, 0.6) is 11.8 Å². The van der Waals surface area contributed by atoms with Crippen molar-refractivity contribution in [3.63, 3.8) is 0 Å². The van der Waals surface area contributed by atoms with Crippen LogP contribution < -0.4 is 14.2 Å². The monoisotopic (exact) mass is 584 g/mol. The summed E-state index contributed by atoms with van der Waals surface area (Å²) in [5, 5.41) is 0.425. The number of aryl methyl sites for hydroxylation is 1. The lowest BCUT2D eigenvalue weighted by Gasteiger charge is -2.15. The minimum absolute atomic E-state index is 0.0159. The van der Waals surface area contributed by atoms with Gasteiger partial charge in [0, 0.05) is 12.6 Å². The molecular formula is C25H27ClF2N4O6S. The summed E-state index contributed by atoms with van der Waals surface area (Å²) in [6, 6.07) is 5.04. The van der Waals surface area contributed by atoms with E-state index in [1.807, 2.05) is 0 Å². The molecule has 2 fully saturated rings. The van der Waals surface area contributed by atoms with Crippen molar-refractivity contribution in [2.75, 3.05) is 32.6 Å². The number of rotatable bonds is 9. The molecule has 210 valence electrons. The highest BCUT2D eigenvalue weighted by Crippen LogP contribution is 2.40. The predicted molar refractivity (Wildman–Crippen MR) is 137 cm³/mol. The second-order valence-corrected chi connectivity index (χ2v) is 12.3. The Morgan fingerprint density at radius 2 is 2.03 bits per heavy atom. The van der Waals surface area contributed by atoms with Crippen molar-refractivity contribution in [1.29, 1.82) is 0 Å². The van der Waals surface area contributed by atoms with E-state index in [0.717, 1.165) is 18.2 Å². The number of nitrogens with one attached hydrogen (secondary N) is 2. The summed E-state index contributed by atoms with van der Waals surface area (Å²) in [5.41, 5.74) is 3.03. The van der Waals surface area contributed by atoms with Gasteiger partial charge in [0.1, 0.15) is 30.4 Å². The summed E-state index contributed by atoms with van der Waals surface area (Å²) in [6.07, 6.45) is 0.0885. The molecule has 0 spiro atoms. The highest BCUT2D eigenvalue weighted by atomic mass is 35.5. The van der Waals surface area contributed by atoms with Crippen molar-refractivity contribution in [2.45, 2.75) is 49.7 Å². The van der Waals surface area contributed by atoms with Crippen LogP contribution in [-0.4, -0.2) is 80.5 Å². The van der Waals surface area contributed by atoms with Crippen molar-refractivity contribution in [1.82, 2.24) is 19.7 Å². The zero-order valence-electron chi connectivity index (χ0n) is 21.0. The number of benzene rings is 1. The molecule has 5 atom stereocenters. The normalized spacial score (nSPS) is 26.2. The quantitative estimate of drug-likeness (QED) is 0.368. The summed E-state index contributed by atoms with van der Waals surface area (Å²) in [6.45, 7) is 0.358. The van der Waals surface area contributed by atoms with Gasteiger partial charge in [0.05, 0.1) is 35.7 Å². The Morgan fingerprint density at radius 1 is 1.21 bits per heavy atom. The van der Waals surface area contributed by atoms with Gasteiger partial charge in [-0.1, -0.05) is 11.6 Å². The van der Waals surface area contributed by atoms with Crippen molar-refractivity contribution in [3.8, 4) is 11.8 Å². The number of imidazole rings is 1. The molecule has 2 aromatic heterocycles. The molecule has 0 radical (unpaired) electrons. The summed E-state index contributed by atoms with van der Waals surface area (Å²) < 4.78 is 76.1. The van der Waals surface area contributed by atoms with Crippen molar-refractivity contribution >= 4 is 32.8 Å². The summed E-state index contributed by atoms with van der Waals surface area (Å²) in [4.78, 5) is 12.1. The van der Waals surface area contributed by atoms with Gasteiger partial charge in [-0.05, 0) is 48.4 Å². The number of halogens is 3. The largest absolute Gasteiger partial charge is 0.492 e. The third-order valence-electron chi connectivity index (χ3n) is 7.22. The standard InChI is InChI=1S/C25H27ClF2N4O6S/c1-39(33,34)29-4-5-35-14-6-12-2-3-13(21(12)16(27)8-14)7-18-15(26)9-19-24(30-18)32-25(31-19)38-20-11-37-22-17(28)10-36-23(20)22/h6,8-9,13,17,20,22-23,29H,2-5,7,10-11H2,1H3,(H,30,31,32)/t13?,17-,20+,22+,23+/m0/s1. The van der Waals surface area contributed by atoms with E-state index in [1.165, 1.54) is 6.07 Å². The van der Waals surface area contributed by atoms with Crippen LogP contribution >= 0.6 is 11.6 Å². The van der Waals surface area contributed by atoms with Crippen LogP contribution in [0.4, 0.5) is 8.78 Å². The molecule has 3 aromatic rings. The van der Waals surface area contributed by atoms with Gasteiger partial charge in [-0.25, -0.2) is 26.9 Å². The van der Waals surface area contributed by atoms with Gasteiger partial charge in [0.15, 0.2) is 17.9 Å². The van der Waals surface area contributed by atoms with Crippen LogP contribution in [-0.2, 0) is 32.3 Å². The molecule has 2 saturated heterocycles. The van der Waals surface area contributed by atoms with Crippen molar-refractivity contribution < 1.29 is 36.1 Å². The van der Waals surface area contributed by atoms with E-state index in [4.69, 9.17) is 30.5 Å². The van der Waals surface area contributed by atoms with Crippen LogP contribution in [0.1, 0.15) is 29.2 Å². The lowest BCUT2D eigenvalue weighted by Crippen LogP contribution is -2.34. The highest BCUT2D eigenvalue weighted by molar-refractivity contribution is 7.88. The van der Waals surface area contributed by atoms with Crippen molar-refractivity contribution in [2.24, 2.45) is 0 Å². The SMILES string of the molecule is CS(=O)(=O)NCCOc1cc(F)c2c(c1)CCC2Cc1nc2nc(O[C@@H]3CO[C@H]4[C@@H]3OC[C@@H]4F)[nH]c2cc1Cl. The Bertz CT molecular complexity index is 1510. The fraction of sp³-hybridized carbons (Fsp3) is 0.520. The van der Waals surface area contributed by atoms with Crippen LogP contribution in [0.25, 0.3) is 11.2 Å². The molecule has 1 aromatic carbocycles. The topological polar surface area (TPSA) is 125 Å². The van der Waals surface area contributed by atoms with E-state index in [0.29, 0.717) is 46.0 Å². The maximum absolute atomic E-state index is 15.1. The van der Waals surface area contributed by atoms with Gasteiger partial charge in [-0.3, -0.25) is 0 Å². The average molecular weight is 585 g/mol. The highest BCUT2D eigenvalue weighted by Gasteiger charge is 2.49. The molecule has 14 heteroatoms. The van der Waals surface area contributed by atoms with Gasteiger partial charge in [0.2, 0.25) is 10.0 Å². The van der Waals surface area contributed by atoms with Gasteiger partial charge >= 0.3 is 0 Å². The van der Waals surface area contributed by atoms with E-state index < -0.39 is 34.5 Å². The fourth-order valence-electron chi connectivity index (χ4n) is 5.50. The molecule has 0 bridgehead atoms. The number of ether oxygens (including phenoxy) is 4. The zero-order valence-corrected chi connectivity index (χ0v) is 22.5. The molecule has 1 aliphatic carbocycles. The lowest BCUT2D eigenvalue weighted by molar-refractivity contribution is 0.0244. The number of hydrogen-bond acceptors (Lipinski definition) is 8. The van der Waals surface area contributed by atoms with Crippen LogP contribution in [0.15, 0.2) is 18.2 Å². The number of H-pyrrole nitrogens is 1. The Hall–Kier alpha value is -2.58. The lowest BCUT2D eigenvalue weighted by atomic mass is 9.95. The second-order valence-electron chi connectivity index (χ2n) is 10.0. The molecule has 3 aliphatic rings. The number of pyridine rings is 1. The van der Waals surface area contributed by atoms with E-state index in [-0.39, 0.29) is 44.1 Å². The predicted octanol–water partition coefficient (Wildman–Crippen LogP) is 2.83. The zero-order chi connectivity index (χ0) is 27.3. The summed E-state index contributed by atoms with van der Waals surface area (Å²) in [7, 11) is -3.32. The third kappa shape index (κ3) is 5.55. The second kappa shape index (κ2) is 10.4. The van der Waals surface area contributed by atoms with E-state index in [9.17, 15) is 12.8 Å². The molecule has 1 unspecified atom stereocenters. The first-order valence-electron chi connectivity index (χ1n) is 12.6. The first kappa shape index (κ1) is 26.6.